The van der Waals surface area contributed by atoms with E-state index in [1.807, 2.05) is 6.92 Å². The van der Waals surface area contributed by atoms with Gasteiger partial charge in [0, 0.05) is 6.04 Å². The van der Waals surface area contributed by atoms with Crippen LogP contribution in [0.2, 0.25) is 0 Å². The Morgan fingerprint density at radius 1 is 1.22 bits per heavy atom. The van der Waals surface area contributed by atoms with Gasteiger partial charge < -0.3 is 4.74 Å². The molecule has 2 rings (SSSR count). The Balaban J connectivity index is 2.05. The van der Waals surface area contributed by atoms with Gasteiger partial charge in [-0.3, -0.25) is 9.69 Å². The van der Waals surface area contributed by atoms with E-state index in [1.54, 1.807) is 0 Å². The van der Waals surface area contributed by atoms with Crippen molar-refractivity contribution in [3.63, 3.8) is 0 Å². The van der Waals surface area contributed by atoms with Crippen LogP contribution in [0.1, 0.15) is 58.8 Å². The van der Waals surface area contributed by atoms with Crippen LogP contribution in [0, 0.1) is 5.92 Å². The molecule has 0 spiro atoms. The summed E-state index contributed by atoms with van der Waals surface area (Å²) in [5.41, 5.74) is 0. The Labute approximate surface area is 111 Å². The zero-order chi connectivity index (χ0) is 13.0. The van der Waals surface area contributed by atoms with Gasteiger partial charge in [0.2, 0.25) is 0 Å². The Kier molecular flexibility index (Phi) is 5.04. The van der Waals surface area contributed by atoms with Crippen LogP contribution in [-0.2, 0) is 9.53 Å². The second-order valence-electron chi connectivity index (χ2n) is 5.67. The van der Waals surface area contributed by atoms with Crippen molar-refractivity contribution in [1.82, 2.24) is 4.90 Å². The molecule has 1 aliphatic heterocycles. The molecule has 3 nitrogen and oxygen atoms in total. The van der Waals surface area contributed by atoms with Gasteiger partial charge in [0.25, 0.3) is 0 Å². The fourth-order valence-corrected chi connectivity index (χ4v) is 3.83. The number of carbonyl (C=O) groups is 1. The van der Waals surface area contributed by atoms with Gasteiger partial charge in [-0.1, -0.05) is 19.8 Å². The molecule has 1 saturated heterocycles. The number of hydrogen-bond donors (Lipinski definition) is 0. The summed E-state index contributed by atoms with van der Waals surface area (Å²) in [6.07, 6.45) is 8.84. The fraction of sp³-hybridized carbons (Fsp3) is 0.933. The average molecular weight is 253 g/mol. The van der Waals surface area contributed by atoms with Gasteiger partial charge in [-0.15, -0.1) is 0 Å². The normalized spacial score (nSPS) is 30.6. The number of likely N-dealkylation sites (tertiary alicyclic amines) is 1. The van der Waals surface area contributed by atoms with Gasteiger partial charge in [0.1, 0.15) is 6.04 Å². The van der Waals surface area contributed by atoms with Crippen molar-refractivity contribution in [1.29, 1.82) is 0 Å². The van der Waals surface area contributed by atoms with Gasteiger partial charge in [-0.25, -0.2) is 0 Å². The van der Waals surface area contributed by atoms with Crippen LogP contribution in [0.5, 0.6) is 0 Å². The molecule has 3 atom stereocenters. The van der Waals surface area contributed by atoms with Crippen LogP contribution in [-0.4, -0.2) is 36.1 Å². The van der Waals surface area contributed by atoms with Crippen molar-refractivity contribution in [2.75, 3.05) is 13.2 Å². The lowest BCUT2D eigenvalue weighted by atomic mass is 9.77. The number of carbonyl (C=O) groups excluding carboxylic acids is 1. The summed E-state index contributed by atoms with van der Waals surface area (Å²) >= 11 is 0. The van der Waals surface area contributed by atoms with Gasteiger partial charge in [0.15, 0.2) is 0 Å². The lowest BCUT2D eigenvalue weighted by Crippen LogP contribution is -2.54. The van der Waals surface area contributed by atoms with Crippen molar-refractivity contribution >= 4 is 5.97 Å². The molecule has 0 radical (unpaired) electrons. The SMILES string of the molecule is CCOC(=O)C(CC)N1CCC[C@H]2CCCC[C@H]21. The van der Waals surface area contributed by atoms with Gasteiger partial charge in [0.05, 0.1) is 6.61 Å². The summed E-state index contributed by atoms with van der Waals surface area (Å²) in [5.74, 6) is 0.821. The number of esters is 1. The van der Waals surface area contributed by atoms with E-state index in [-0.39, 0.29) is 12.0 Å². The van der Waals surface area contributed by atoms with Crippen LogP contribution in [0.3, 0.4) is 0 Å². The molecule has 0 bridgehead atoms. The quantitative estimate of drug-likeness (QED) is 0.721. The lowest BCUT2D eigenvalue weighted by molar-refractivity contribution is -0.152. The van der Waals surface area contributed by atoms with E-state index < -0.39 is 0 Å². The van der Waals surface area contributed by atoms with Gasteiger partial charge >= 0.3 is 5.97 Å². The van der Waals surface area contributed by atoms with Crippen molar-refractivity contribution < 1.29 is 9.53 Å². The van der Waals surface area contributed by atoms with E-state index >= 15 is 0 Å². The first-order chi connectivity index (χ1) is 8.77. The van der Waals surface area contributed by atoms with Crippen LogP contribution in [0.4, 0.5) is 0 Å². The first-order valence-corrected chi connectivity index (χ1v) is 7.70. The summed E-state index contributed by atoms with van der Waals surface area (Å²) in [4.78, 5) is 14.5. The van der Waals surface area contributed by atoms with E-state index in [2.05, 4.69) is 11.8 Å². The second kappa shape index (κ2) is 6.55. The third-order valence-corrected chi connectivity index (χ3v) is 4.63. The Morgan fingerprint density at radius 3 is 2.67 bits per heavy atom. The summed E-state index contributed by atoms with van der Waals surface area (Å²) in [5, 5.41) is 0. The Morgan fingerprint density at radius 2 is 1.94 bits per heavy atom. The first-order valence-electron chi connectivity index (χ1n) is 7.70. The summed E-state index contributed by atoms with van der Waals surface area (Å²) in [7, 11) is 0. The predicted molar refractivity (Wildman–Crippen MR) is 72.4 cm³/mol. The number of rotatable bonds is 4. The standard InChI is InChI=1S/C15H27NO2/c1-3-13(15(17)18-4-2)16-11-7-9-12-8-5-6-10-14(12)16/h12-14H,3-11H2,1-2H3/t12-,13?,14-/m1/s1. The van der Waals surface area contributed by atoms with E-state index in [0.29, 0.717) is 12.6 Å². The predicted octanol–water partition coefficient (Wildman–Crippen LogP) is 2.98. The number of nitrogens with zero attached hydrogens (tertiary/aromatic N) is 1. The van der Waals surface area contributed by atoms with Crippen LogP contribution in [0.25, 0.3) is 0 Å². The van der Waals surface area contributed by atoms with Crippen molar-refractivity contribution in [2.45, 2.75) is 70.9 Å². The number of ether oxygens (including phenoxy) is 1. The highest BCUT2D eigenvalue weighted by Crippen LogP contribution is 2.36. The summed E-state index contributed by atoms with van der Waals surface area (Å²) < 4.78 is 5.25. The average Bonchev–Trinajstić information content (AvgIpc) is 2.40. The third-order valence-electron chi connectivity index (χ3n) is 4.63. The van der Waals surface area contributed by atoms with Gasteiger partial charge in [-0.05, 0) is 51.5 Å². The van der Waals surface area contributed by atoms with E-state index in [4.69, 9.17) is 4.74 Å². The minimum Gasteiger partial charge on any atom is -0.465 e. The molecular weight excluding hydrogens is 226 g/mol. The van der Waals surface area contributed by atoms with E-state index in [1.165, 1.54) is 38.5 Å². The molecule has 1 heterocycles. The molecule has 2 aliphatic rings. The molecule has 104 valence electrons. The monoisotopic (exact) mass is 253 g/mol. The number of piperidine rings is 1. The smallest absolute Gasteiger partial charge is 0.323 e. The molecule has 1 saturated carbocycles. The van der Waals surface area contributed by atoms with Crippen molar-refractivity contribution in [3.8, 4) is 0 Å². The van der Waals surface area contributed by atoms with Crippen LogP contribution < -0.4 is 0 Å². The molecule has 1 unspecified atom stereocenters. The van der Waals surface area contributed by atoms with Crippen LogP contribution in [0.15, 0.2) is 0 Å². The molecule has 2 fully saturated rings. The Hall–Kier alpha value is -0.570. The third kappa shape index (κ3) is 2.87. The van der Waals surface area contributed by atoms with E-state index in [0.717, 1.165) is 18.9 Å². The maximum Gasteiger partial charge on any atom is 0.323 e. The second-order valence-corrected chi connectivity index (χ2v) is 5.67. The number of hydrogen-bond acceptors (Lipinski definition) is 3. The highest BCUT2D eigenvalue weighted by molar-refractivity contribution is 5.75. The maximum atomic E-state index is 12.1. The fourth-order valence-electron chi connectivity index (χ4n) is 3.83. The largest absolute Gasteiger partial charge is 0.465 e. The van der Waals surface area contributed by atoms with Crippen molar-refractivity contribution in [3.05, 3.63) is 0 Å². The summed E-state index contributed by atoms with van der Waals surface area (Å²) in [6, 6.07) is 0.637. The number of fused-ring (bicyclic) bond motifs is 1. The minimum absolute atomic E-state index is 0.00384. The van der Waals surface area contributed by atoms with Gasteiger partial charge in [-0.2, -0.15) is 0 Å². The van der Waals surface area contributed by atoms with Crippen molar-refractivity contribution in [2.24, 2.45) is 5.92 Å². The topological polar surface area (TPSA) is 29.5 Å². The molecule has 0 N–H and O–H groups in total. The molecule has 0 aromatic heterocycles. The van der Waals surface area contributed by atoms with Crippen LogP contribution >= 0.6 is 0 Å². The highest BCUT2D eigenvalue weighted by atomic mass is 16.5. The molecule has 3 heteroatoms. The zero-order valence-electron chi connectivity index (χ0n) is 11.9. The summed E-state index contributed by atoms with van der Waals surface area (Å²) in [6.45, 7) is 5.58. The minimum atomic E-state index is -0.00813. The maximum absolute atomic E-state index is 12.1. The molecular formula is C15H27NO2. The highest BCUT2D eigenvalue weighted by Gasteiger charge is 2.38. The molecule has 0 aromatic rings. The zero-order valence-corrected chi connectivity index (χ0v) is 11.9. The van der Waals surface area contributed by atoms with E-state index in [9.17, 15) is 4.79 Å². The molecule has 0 aromatic carbocycles. The lowest BCUT2D eigenvalue weighted by Gasteiger charge is -2.46. The molecule has 18 heavy (non-hydrogen) atoms. The first kappa shape index (κ1) is 13.9. The Bertz CT molecular complexity index is 278. The molecule has 0 amide bonds. The molecule has 1 aliphatic carbocycles.